The van der Waals surface area contributed by atoms with Crippen molar-refractivity contribution in [1.29, 1.82) is 0 Å². The van der Waals surface area contributed by atoms with Crippen LogP contribution in [0.4, 0.5) is 15.0 Å². The first-order chi connectivity index (χ1) is 10.6. The number of benzene rings is 1. The number of aromatic nitrogens is 1. The second-order valence-corrected chi connectivity index (χ2v) is 4.31. The van der Waals surface area contributed by atoms with Gasteiger partial charge in [-0.1, -0.05) is 42.2 Å². The number of amides is 1. The largest absolute Gasteiger partial charge is 0.445 e. The molecule has 3 N–H and O–H groups in total. The van der Waals surface area contributed by atoms with Gasteiger partial charge in [0, 0.05) is 11.8 Å². The predicted octanol–water partition coefficient (Wildman–Crippen LogP) is 2.08. The second kappa shape index (κ2) is 7.64. The summed E-state index contributed by atoms with van der Waals surface area (Å²) >= 11 is 0. The number of hydrogen-bond acceptors (Lipinski definition) is 4. The number of pyridine rings is 1. The van der Waals surface area contributed by atoms with Crippen molar-refractivity contribution in [1.82, 2.24) is 10.3 Å². The molecule has 6 heteroatoms. The van der Waals surface area contributed by atoms with E-state index in [2.05, 4.69) is 22.1 Å². The molecule has 2 rings (SSSR count). The highest BCUT2D eigenvalue weighted by Crippen LogP contribution is 2.06. The van der Waals surface area contributed by atoms with Crippen LogP contribution in [-0.4, -0.2) is 17.6 Å². The SMILES string of the molecule is Nc1ncc(C#CCNC(=O)OCc2ccccc2)cc1F. The Kier molecular flexibility index (Phi) is 5.32. The first kappa shape index (κ1) is 15.3. The summed E-state index contributed by atoms with van der Waals surface area (Å²) in [6.07, 6.45) is 0.791. The quantitative estimate of drug-likeness (QED) is 0.851. The van der Waals surface area contributed by atoms with Gasteiger partial charge in [0.15, 0.2) is 11.6 Å². The molecule has 0 radical (unpaired) electrons. The average molecular weight is 299 g/mol. The van der Waals surface area contributed by atoms with Gasteiger partial charge < -0.3 is 15.8 Å². The van der Waals surface area contributed by atoms with E-state index in [4.69, 9.17) is 10.5 Å². The normalized spacial score (nSPS) is 9.50. The summed E-state index contributed by atoms with van der Waals surface area (Å²) in [5, 5.41) is 2.48. The molecule has 0 aliphatic rings. The van der Waals surface area contributed by atoms with Crippen LogP contribution in [0, 0.1) is 17.7 Å². The molecule has 5 nitrogen and oxygen atoms in total. The monoisotopic (exact) mass is 299 g/mol. The van der Waals surface area contributed by atoms with E-state index >= 15 is 0 Å². The van der Waals surface area contributed by atoms with E-state index in [0.717, 1.165) is 5.56 Å². The molecule has 0 aliphatic carbocycles. The molecule has 0 bridgehead atoms. The van der Waals surface area contributed by atoms with Gasteiger partial charge in [-0.3, -0.25) is 0 Å². The van der Waals surface area contributed by atoms with Gasteiger partial charge in [-0.25, -0.2) is 14.2 Å². The van der Waals surface area contributed by atoms with Crippen LogP contribution in [0.5, 0.6) is 0 Å². The summed E-state index contributed by atoms with van der Waals surface area (Å²) < 4.78 is 18.1. The number of alkyl carbamates (subject to hydrolysis) is 1. The van der Waals surface area contributed by atoms with Crippen LogP contribution in [0.25, 0.3) is 0 Å². The smallest absolute Gasteiger partial charge is 0.408 e. The van der Waals surface area contributed by atoms with Gasteiger partial charge in [0.1, 0.15) is 6.61 Å². The van der Waals surface area contributed by atoms with Crippen molar-refractivity contribution in [3.05, 3.63) is 59.5 Å². The van der Waals surface area contributed by atoms with Crippen molar-refractivity contribution >= 4 is 11.9 Å². The standard InChI is InChI=1S/C16H14FN3O2/c17-14-9-13(10-20-15(14)18)7-4-8-19-16(21)22-11-12-5-2-1-3-6-12/h1-3,5-6,9-10H,8,11H2,(H2,18,20)(H,19,21). The number of nitrogens with two attached hydrogens (primary N) is 1. The molecule has 22 heavy (non-hydrogen) atoms. The first-order valence-electron chi connectivity index (χ1n) is 6.49. The molecule has 1 heterocycles. The number of nitrogen functional groups attached to an aromatic ring is 1. The summed E-state index contributed by atoms with van der Waals surface area (Å²) in [6.45, 7) is 0.271. The lowest BCUT2D eigenvalue weighted by Crippen LogP contribution is -2.24. The zero-order valence-electron chi connectivity index (χ0n) is 11.7. The Morgan fingerprint density at radius 1 is 1.36 bits per heavy atom. The van der Waals surface area contributed by atoms with Gasteiger partial charge in [-0.05, 0) is 11.6 Å². The van der Waals surface area contributed by atoms with Crippen molar-refractivity contribution < 1.29 is 13.9 Å². The highest BCUT2D eigenvalue weighted by atomic mass is 19.1. The maximum absolute atomic E-state index is 13.1. The van der Waals surface area contributed by atoms with E-state index in [1.54, 1.807) is 0 Å². The molecule has 1 amide bonds. The van der Waals surface area contributed by atoms with Gasteiger partial charge in [0.05, 0.1) is 6.54 Å². The van der Waals surface area contributed by atoms with Gasteiger partial charge in [0.2, 0.25) is 0 Å². The van der Waals surface area contributed by atoms with E-state index < -0.39 is 11.9 Å². The number of anilines is 1. The number of carbonyl (C=O) groups is 1. The Morgan fingerprint density at radius 2 is 2.14 bits per heavy atom. The van der Waals surface area contributed by atoms with Gasteiger partial charge in [-0.15, -0.1) is 0 Å². The van der Waals surface area contributed by atoms with Crippen LogP contribution < -0.4 is 11.1 Å². The van der Waals surface area contributed by atoms with Crippen LogP contribution in [0.2, 0.25) is 0 Å². The van der Waals surface area contributed by atoms with Crippen molar-refractivity contribution in [2.24, 2.45) is 0 Å². The Labute approximate surface area is 127 Å². The van der Waals surface area contributed by atoms with Gasteiger partial charge in [0.25, 0.3) is 0 Å². The number of halogens is 1. The van der Waals surface area contributed by atoms with Crippen LogP contribution in [-0.2, 0) is 11.3 Å². The Morgan fingerprint density at radius 3 is 2.86 bits per heavy atom. The van der Waals surface area contributed by atoms with E-state index in [0.29, 0.717) is 5.56 Å². The lowest BCUT2D eigenvalue weighted by Gasteiger charge is -2.04. The summed E-state index contributed by atoms with van der Waals surface area (Å²) in [4.78, 5) is 15.1. The summed E-state index contributed by atoms with van der Waals surface area (Å²) in [7, 11) is 0. The molecular weight excluding hydrogens is 285 g/mol. The number of ether oxygens (including phenoxy) is 1. The van der Waals surface area contributed by atoms with Crippen molar-refractivity contribution in [2.75, 3.05) is 12.3 Å². The molecule has 112 valence electrons. The highest BCUT2D eigenvalue weighted by molar-refractivity contribution is 5.67. The molecule has 1 aromatic carbocycles. The second-order valence-electron chi connectivity index (χ2n) is 4.31. The number of rotatable bonds is 3. The third-order valence-corrected chi connectivity index (χ3v) is 2.64. The van der Waals surface area contributed by atoms with Gasteiger partial charge >= 0.3 is 6.09 Å². The molecule has 1 aromatic heterocycles. The molecule has 0 saturated heterocycles. The predicted molar refractivity (Wildman–Crippen MR) is 80.1 cm³/mol. The molecular formula is C16H14FN3O2. The highest BCUT2D eigenvalue weighted by Gasteiger charge is 2.01. The molecule has 0 spiro atoms. The summed E-state index contributed by atoms with van der Waals surface area (Å²) in [5.41, 5.74) is 6.53. The first-order valence-corrected chi connectivity index (χ1v) is 6.49. The minimum atomic E-state index is -0.623. The Bertz CT molecular complexity index is 708. The van der Waals surface area contributed by atoms with Gasteiger partial charge in [-0.2, -0.15) is 0 Å². The average Bonchev–Trinajstić information content (AvgIpc) is 2.54. The fourth-order valence-corrected chi connectivity index (χ4v) is 1.55. The van der Waals surface area contributed by atoms with Crippen molar-refractivity contribution in [2.45, 2.75) is 6.61 Å². The maximum atomic E-state index is 13.1. The Balaban J connectivity index is 1.75. The fraction of sp³-hybridized carbons (Fsp3) is 0.125. The number of nitrogens with zero attached hydrogens (tertiary/aromatic N) is 1. The number of nitrogens with one attached hydrogen (secondary N) is 1. The van der Waals surface area contributed by atoms with Crippen molar-refractivity contribution in [3.8, 4) is 11.8 Å². The van der Waals surface area contributed by atoms with E-state index in [9.17, 15) is 9.18 Å². The van der Waals surface area contributed by atoms with Crippen LogP contribution in [0.1, 0.15) is 11.1 Å². The maximum Gasteiger partial charge on any atom is 0.408 e. The summed E-state index contributed by atoms with van der Waals surface area (Å²) in [6, 6.07) is 10.5. The number of hydrogen-bond donors (Lipinski definition) is 2. The minimum Gasteiger partial charge on any atom is -0.445 e. The van der Waals surface area contributed by atoms with E-state index in [1.807, 2.05) is 30.3 Å². The minimum absolute atomic E-state index is 0.0830. The zero-order valence-corrected chi connectivity index (χ0v) is 11.7. The molecule has 0 fully saturated rings. The summed E-state index contributed by atoms with van der Waals surface area (Å²) in [5.74, 6) is 4.54. The molecule has 2 aromatic rings. The third kappa shape index (κ3) is 4.80. The fourth-order valence-electron chi connectivity index (χ4n) is 1.55. The third-order valence-electron chi connectivity index (χ3n) is 2.64. The molecule has 0 atom stereocenters. The van der Waals surface area contributed by atoms with E-state index in [1.165, 1.54) is 12.3 Å². The Hall–Kier alpha value is -3.07. The topological polar surface area (TPSA) is 77.2 Å². The molecule has 0 aliphatic heterocycles. The zero-order chi connectivity index (χ0) is 15.8. The molecule has 0 saturated carbocycles. The lowest BCUT2D eigenvalue weighted by atomic mass is 10.2. The lowest BCUT2D eigenvalue weighted by molar-refractivity contribution is 0.141. The number of carbonyl (C=O) groups excluding carboxylic acids is 1. The van der Waals surface area contributed by atoms with Crippen LogP contribution in [0.15, 0.2) is 42.6 Å². The van der Waals surface area contributed by atoms with Crippen LogP contribution in [0.3, 0.4) is 0 Å². The van der Waals surface area contributed by atoms with E-state index in [-0.39, 0.29) is 19.0 Å². The van der Waals surface area contributed by atoms with Crippen molar-refractivity contribution in [3.63, 3.8) is 0 Å². The van der Waals surface area contributed by atoms with Crippen LogP contribution >= 0.6 is 0 Å². The molecule has 0 unspecified atom stereocenters.